The van der Waals surface area contributed by atoms with Crippen LogP contribution >= 0.6 is 0 Å². The van der Waals surface area contributed by atoms with Crippen molar-refractivity contribution < 1.29 is 19.1 Å². The van der Waals surface area contributed by atoms with E-state index in [1.165, 1.54) is 0 Å². The van der Waals surface area contributed by atoms with Gasteiger partial charge in [0.05, 0.1) is 20.8 Å². The van der Waals surface area contributed by atoms with Gasteiger partial charge in [-0.15, -0.1) is 0 Å². The number of aryl methyl sites for hydroxylation is 1. The Hall–Kier alpha value is -2.01. The maximum Gasteiger partial charge on any atom is 0.139 e. The number of aliphatic hydroxyl groups excluding tert-OH is 1. The molecule has 18 heavy (non-hydrogen) atoms. The molecule has 0 aliphatic rings. The smallest absolute Gasteiger partial charge is 0.139 e. The molecule has 0 aliphatic heterocycles. The number of hydrogen-bond donors (Lipinski definition) is 1. The fraction of sp³-hybridized carbons (Fsp3) is 0.308. The third-order valence-electron chi connectivity index (χ3n) is 2.81. The van der Waals surface area contributed by atoms with E-state index in [1.54, 1.807) is 27.2 Å². The van der Waals surface area contributed by atoms with E-state index in [0.29, 0.717) is 28.5 Å². The zero-order valence-corrected chi connectivity index (χ0v) is 10.6. The molecule has 1 N–H and O–H groups in total. The molecule has 5 heteroatoms. The zero-order chi connectivity index (χ0) is 13.1. The first-order valence-corrected chi connectivity index (χ1v) is 5.49. The molecule has 1 heterocycles. The zero-order valence-electron chi connectivity index (χ0n) is 10.6. The van der Waals surface area contributed by atoms with Gasteiger partial charge in [-0.25, -0.2) is 0 Å². The van der Waals surface area contributed by atoms with E-state index in [2.05, 4.69) is 5.16 Å². The molecule has 1 aromatic heterocycles. The Kier molecular flexibility index (Phi) is 3.53. The Morgan fingerprint density at radius 3 is 2.67 bits per heavy atom. The Morgan fingerprint density at radius 1 is 1.28 bits per heavy atom. The SMILES string of the molecule is COc1ccc(-c2noc(C)c2CO)c(OC)c1. The van der Waals surface area contributed by atoms with Gasteiger partial charge in [-0.1, -0.05) is 5.16 Å². The maximum atomic E-state index is 9.35. The van der Waals surface area contributed by atoms with E-state index < -0.39 is 0 Å². The van der Waals surface area contributed by atoms with E-state index in [0.717, 1.165) is 5.56 Å². The van der Waals surface area contributed by atoms with Gasteiger partial charge in [0, 0.05) is 17.2 Å². The third-order valence-corrected chi connectivity index (χ3v) is 2.81. The van der Waals surface area contributed by atoms with Crippen molar-refractivity contribution in [2.75, 3.05) is 14.2 Å². The van der Waals surface area contributed by atoms with E-state index in [9.17, 15) is 5.11 Å². The molecule has 0 unspecified atom stereocenters. The number of ether oxygens (including phenoxy) is 2. The van der Waals surface area contributed by atoms with Gasteiger partial charge in [0.25, 0.3) is 0 Å². The quantitative estimate of drug-likeness (QED) is 0.899. The fourth-order valence-corrected chi connectivity index (χ4v) is 1.78. The lowest BCUT2D eigenvalue weighted by atomic mass is 10.1. The molecule has 0 bridgehead atoms. The number of aromatic nitrogens is 1. The molecule has 2 rings (SSSR count). The molecule has 0 atom stereocenters. The second-order valence-electron chi connectivity index (χ2n) is 3.79. The van der Waals surface area contributed by atoms with E-state index >= 15 is 0 Å². The van der Waals surface area contributed by atoms with Crippen LogP contribution in [-0.4, -0.2) is 24.5 Å². The molecule has 0 radical (unpaired) electrons. The molecule has 0 aliphatic carbocycles. The van der Waals surface area contributed by atoms with Gasteiger partial charge in [-0.05, 0) is 19.1 Å². The van der Waals surface area contributed by atoms with Crippen LogP contribution in [0.5, 0.6) is 11.5 Å². The number of aliphatic hydroxyl groups is 1. The van der Waals surface area contributed by atoms with Crippen molar-refractivity contribution in [1.82, 2.24) is 5.16 Å². The van der Waals surface area contributed by atoms with Gasteiger partial charge in [-0.2, -0.15) is 0 Å². The summed E-state index contributed by atoms with van der Waals surface area (Å²) >= 11 is 0. The lowest BCUT2D eigenvalue weighted by Crippen LogP contribution is -1.93. The Labute approximate surface area is 105 Å². The Morgan fingerprint density at radius 2 is 2.06 bits per heavy atom. The van der Waals surface area contributed by atoms with Crippen molar-refractivity contribution in [3.8, 4) is 22.8 Å². The molecule has 5 nitrogen and oxygen atoms in total. The summed E-state index contributed by atoms with van der Waals surface area (Å²) in [5.74, 6) is 1.92. The minimum absolute atomic E-state index is 0.125. The highest BCUT2D eigenvalue weighted by Crippen LogP contribution is 2.35. The second kappa shape index (κ2) is 5.10. The summed E-state index contributed by atoms with van der Waals surface area (Å²) in [6.45, 7) is 1.64. The van der Waals surface area contributed by atoms with Crippen LogP contribution in [0.3, 0.4) is 0 Å². The summed E-state index contributed by atoms with van der Waals surface area (Å²) in [4.78, 5) is 0. The molecule has 0 amide bonds. The predicted molar refractivity (Wildman–Crippen MR) is 65.7 cm³/mol. The highest BCUT2D eigenvalue weighted by atomic mass is 16.5. The first-order valence-electron chi connectivity index (χ1n) is 5.49. The number of nitrogens with zero attached hydrogens (tertiary/aromatic N) is 1. The Bertz CT molecular complexity index is 548. The monoisotopic (exact) mass is 249 g/mol. The topological polar surface area (TPSA) is 64.7 Å². The Balaban J connectivity index is 2.56. The minimum Gasteiger partial charge on any atom is -0.497 e. The van der Waals surface area contributed by atoms with Gasteiger partial charge in [0.15, 0.2) is 0 Å². The summed E-state index contributed by atoms with van der Waals surface area (Å²) in [5, 5.41) is 13.3. The first-order chi connectivity index (χ1) is 8.71. The van der Waals surface area contributed by atoms with Crippen LogP contribution in [0.15, 0.2) is 22.7 Å². The van der Waals surface area contributed by atoms with Gasteiger partial charge in [0.2, 0.25) is 0 Å². The van der Waals surface area contributed by atoms with Crippen LogP contribution in [0.4, 0.5) is 0 Å². The molecule has 0 spiro atoms. The van der Waals surface area contributed by atoms with Crippen molar-refractivity contribution in [2.45, 2.75) is 13.5 Å². The van der Waals surface area contributed by atoms with Gasteiger partial charge >= 0.3 is 0 Å². The van der Waals surface area contributed by atoms with Gasteiger partial charge in [-0.3, -0.25) is 0 Å². The van der Waals surface area contributed by atoms with Crippen molar-refractivity contribution >= 4 is 0 Å². The molecule has 0 saturated carbocycles. The lowest BCUT2D eigenvalue weighted by molar-refractivity contribution is 0.278. The van der Waals surface area contributed by atoms with Crippen LogP contribution in [0.25, 0.3) is 11.3 Å². The summed E-state index contributed by atoms with van der Waals surface area (Å²) in [6.07, 6.45) is 0. The third kappa shape index (κ3) is 2.04. The number of rotatable bonds is 4. The highest BCUT2D eigenvalue weighted by molar-refractivity contribution is 5.71. The van der Waals surface area contributed by atoms with Gasteiger partial charge in [0.1, 0.15) is 23.0 Å². The van der Waals surface area contributed by atoms with Crippen molar-refractivity contribution in [2.24, 2.45) is 0 Å². The molecular weight excluding hydrogens is 234 g/mol. The summed E-state index contributed by atoms with van der Waals surface area (Å²) in [7, 11) is 3.16. The highest BCUT2D eigenvalue weighted by Gasteiger charge is 2.17. The van der Waals surface area contributed by atoms with Crippen LogP contribution in [0.1, 0.15) is 11.3 Å². The molecule has 96 valence electrons. The normalized spacial score (nSPS) is 10.4. The minimum atomic E-state index is -0.125. The number of hydrogen-bond acceptors (Lipinski definition) is 5. The predicted octanol–water partition coefficient (Wildman–Crippen LogP) is 2.16. The molecule has 1 aromatic carbocycles. The maximum absolute atomic E-state index is 9.35. The summed E-state index contributed by atoms with van der Waals surface area (Å²) in [5.41, 5.74) is 2.02. The number of benzene rings is 1. The summed E-state index contributed by atoms with van der Waals surface area (Å²) in [6, 6.07) is 5.40. The van der Waals surface area contributed by atoms with Gasteiger partial charge < -0.3 is 19.1 Å². The summed E-state index contributed by atoms with van der Waals surface area (Å²) < 4.78 is 15.5. The van der Waals surface area contributed by atoms with Crippen molar-refractivity contribution in [3.05, 3.63) is 29.5 Å². The van der Waals surface area contributed by atoms with Crippen molar-refractivity contribution in [3.63, 3.8) is 0 Å². The average Bonchev–Trinajstić information content (AvgIpc) is 2.78. The largest absolute Gasteiger partial charge is 0.497 e. The van der Waals surface area contributed by atoms with Crippen LogP contribution in [-0.2, 0) is 6.61 Å². The number of methoxy groups -OCH3 is 2. The first kappa shape index (κ1) is 12.4. The second-order valence-corrected chi connectivity index (χ2v) is 3.79. The molecule has 0 fully saturated rings. The molecule has 2 aromatic rings. The van der Waals surface area contributed by atoms with Crippen LogP contribution in [0.2, 0.25) is 0 Å². The van der Waals surface area contributed by atoms with Crippen molar-refractivity contribution in [1.29, 1.82) is 0 Å². The van der Waals surface area contributed by atoms with E-state index in [4.69, 9.17) is 14.0 Å². The van der Waals surface area contributed by atoms with E-state index in [1.807, 2.05) is 12.1 Å². The van der Waals surface area contributed by atoms with Crippen LogP contribution in [0, 0.1) is 6.92 Å². The molecule has 0 saturated heterocycles. The fourth-order valence-electron chi connectivity index (χ4n) is 1.78. The average molecular weight is 249 g/mol. The lowest BCUT2D eigenvalue weighted by Gasteiger charge is -2.09. The van der Waals surface area contributed by atoms with E-state index in [-0.39, 0.29) is 6.61 Å². The standard InChI is InChI=1S/C13H15NO4/c1-8-11(7-15)13(14-18-8)10-5-4-9(16-2)6-12(10)17-3/h4-6,15H,7H2,1-3H3. The van der Waals surface area contributed by atoms with Crippen LogP contribution < -0.4 is 9.47 Å². The molecular formula is C13H15NO4.